The van der Waals surface area contributed by atoms with E-state index >= 15 is 0 Å². The Kier molecular flexibility index (Phi) is 4.92. The van der Waals surface area contributed by atoms with E-state index in [2.05, 4.69) is 6.92 Å². The van der Waals surface area contributed by atoms with Crippen LogP contribution in [-0.4, -0.2) is 5.91 Å². The Morgan fingerprint density at radius 3 is 2.09 bits per heavy atom. The fraction of sp³-hybridized carbons (Fsp3) is 0.889. The predicted molar refractivity (Wildman–Crippen MR) is 47.0 cm³/mol. The van der Waals surface area contributed by atoms with E-state index in [1.165, 1.54) is 6.42 Å². The van der Waals surface area contributed by atoms with Crippen molar-refractivity contribution in [2.24, 2.45) is 17.6 Å². The Hall–Kier alpha value is -0.530. The molecular weight excluding hydrogens is 138 g/mol. The second-order valence-electron chi connectivity index (χ2n) is 3.02. The zero-order valence-corrected chi connectivity index (χ0v) is 7.76. The first kappa shape index (κ1) is 10.5. The van der Waals surface area contributed by atoms with Crippen LogP contribution in [-0.2, 0) is 4.79 Å². The molecule has 0 bridgehead atoms. The van der Waals surface area contributed by atoms with Gasteiger partial charge >= 0.3 is 0 Å². The van der Waals surface area contributed by atoms with Gasteiger partial charge in [-0.05, 0) is 25.2 Å². The van der Waals surface area contributed by atoms with Gasteiger partial charge in [-0.15, -0.1) is 0 Å². The van der Waals surface area contributed by atoms with E-state index in [-0.39, 0.29) is 11.8 Å². The summed E-state index contributed by atoms with van der Waals surface area (Å²) >= 11 is 0. The molecule has 1 amide bonds. The molecule has 0 aromatic carbocycles. The Labute approximate surface area is 69.2 Å². The molecule has 1 aliphatic carbocycles. The van der Waals surface area contributed by atoms with Crippen LogP contribution in [0.5, 0.6) is 0 Å². The van der Waals surface area contributed by atoms with Crippen LogP contribution in [0.25, 0.3) is 0 Å². The largest absolute Gasteiger partial charge is 0.369 e. The van der Waals surface area contributed by atoms with Crippen LogP contribution in [0, 0.1) is 11.8 Å². The molecule has 1 saturated carbocycles. The SMILES string of the molecule is CC.CC1CCC(C(N)=O)C1. The lowest BCUT2D eigenvalue weighted by molar-refractivity contribution is -0.121. The quantitative estimate of drug-likeness (QED) is 0.621. The van der Waals surface area contributed by atoms with E-state index < -0.39 is 0 Å². The summed E-state index contributed by atoms with van der Waals surface area (Å²) in [6.07, 6.45) is 3.19. The summed E-state index contributed by atoms with van der Waals surface area (Å²) in [7, 11) is 0. The highest BCUT2D eigenvalue weighted by Crippen LogP contribution is 2.29. The summed E-state index contributed by atoms with van der Waals surface area (Å²) < 4.78 is 0. The van der Waals surface area contributed by atoms with Crippen LogP contribution in [0.2, 0.25) is 0 Å². The highest BCUT2D eigenvalue weighted by molar-refractivity contribution is 5.76. The van der Waals surface area contributed by atoms with Gasteiger partial charge in [0.05, 0.1) is 0 Å². The average Bonchev–Trinajstić information content (AvgIpc) is 2.40. The fourth-order valence-corrected chi connectivity index (χ4v) is 1.47. The minimum Gasteiger partial charge on any atom is -0.369 e. The molecule has 2 atom stereocenters. The number of amides is 1. The van der Waals surface area contributed by atoms with Gasteiger partial charge in [-0.25, -0.2) is 0 Å². The summed E-state index contributed by atoms with van der Waals surface area (Å²) in [5, 5.41) is 0. The van der Waals surface area contributed by atoms with Crippen LogP contribution in [0.15, 0.2) is 0 Å². The maximum atomic E-state index is 10.6. The molecule has 0 aliphatic heterocycles. The Balaban J connectivity index is 0.000000461. The lowest BCUT2D eigenvalue weighted by atomic mass is 10.1. The average molecular weight is 157 g/mol. The number of primary amides is 1. The molecule has 2 heteroatoms. The van der Waals surface area contributed by atoms with Crippen molar-refractivity contribution >= 4 is 5.91 Å². The normalized spacial score (nSPS) is 29.0. The predicted octanol–water partition coefficient (Wildman–Crippen LogP) is 1.93. The molecule has 0 heterocycles. The Morgan fingerprint density at radius 1 is 1.36 bits per heavy atom. The van der Waals surface area contributed by atoms with Crippen molar-refractivity contribution in [2.45, 2.75) is 40.0 Å². The van der Waals surface area contributed by atoms with Gasteiger partial charge in [0, 0.05) is 5.92 Å². The number of hydrogen-bond acceptors (Lipinski definition) is 1. The van der Waals surface area contributed by atoms with Crippen LogP contribution in [0.1, 0.15) is 40.0 Å². The molecule has 1 aliphatic rings. The zero-order valence-electron chi connectivity index (χ0n) is 7.76. The van der Waals surface area contributed by atoms with E-state index in [1.807, 2.05) is 13.8 Å². The van der Waals surface area contributed by atoms with Crippen molar-refractivity contribution in [3.8, 4) is 0 Å². The van der Waals surface area contributed by atoms with Crippen LogP contribution in [0.4, 0.5) is 0 Å². The number of hydrogen-bond donors (Lipinski definition) is 1. The van der Waals surface area contributed by atoms with Crippen molar-refractivity contribution in [1.29, 1.82) is 0 Å². The van der Waals surface area contributed by atoms with E-state index in [0.717, 1.165) is 12.8 Å². The summed E-state index contributed by atoms with van der Waals surface area (Å²) in [5.41, 5.74) is 5.12. The maximum absolute atomic E-state index is 10.6. The van der Waals surface area contributed by atoms with Gasteiger partial charge in [-0.3, -0.25) is 4.79 Å². The summed E-state index contributed by atoms with van der Waals surface area (Å²) in [6.45, 7) is 6.17. The molecule has 66 valence electrons. The van der Waals surface area contributed by atoms with E-state index in [1.54, 1.807) is 0 Å². The number of carbonyl (C=O) groups is 1. The van der Waals surface area contributed by atoms with Crippen molar-refractivity contribution in [2.75, 3.05) is 0 Å². The molecule has 1 rings (SSSR count). The molecule has 2 unspecified atom stereocenters. The molecular formula is C9H19NO. The number of rotatable bonds is 1. The first-order valence-corrected chi connectivity index (χ1v) is 4.49. The molecule has 0 aromatic rings. The first-order valence-electron chi connectivity index (χ1n) is 4.49. The van der Waals surface area contributed by atoms with E-state index in [4.69, 9.17) is 5.73 Å². The summed E-state index contributed by atoms with van der Waals surface area (Å²) in [4.78, 5) is 10.6. The molecule has 0 spiro atoms. The molecule has 1 fully saturated rings. The van der Waals surface area contributed by atoms with Gasteiger partial charge in [0.15, 0.2) is 0 Å². The second-order valence-corrected chi connectivity index (χ2v) is 3.02. The number of nitrogens with two attached hydrogens (primary N) is 1. The molecule has 2 nitrogen and oxygen atoms in total. The van der Waals surface area contributed by atoms with Crippen LogP contribution >= 0.6 is 0 Å². The lowest BCUT2D eigenvalue weighted by Crippen LogP contribution is -2.20. The maximum Gasteiger partial charge on any atom is 0.220 e. The monoisotopic (exact) mass is 157 g/mol. The second kappa shape index (κ2) is 5.16. The van der Waals surface area contributed by atoms with Crippen molar-refractivity contribution in [3.63, 3.8) is 0 Å². The standard InChI is InChI=1S/C7H13NO.C2H6/c1-5-2-3-6(4-5)7(8)9;1-2/h5-6H,2-4H2,1H3,(H2,8,9);1-2H3. The van der Waals surface area contributed by atoms with Gasteiger partial charge < -0.3 is 5.73 Å². The van der Waals surface area contributed by atoms with Crippen molar-refractivity contribution in [1.82, 2.24) is 0 Å². The van der Waals surface area contributed by atoms with Crippen LogP contribution < -0.4 is 5.73 Å². The fourth-order valence-electron chi connectivity index (χ4n) is 1.47. The Bertz CT molecular complexity index is 123. The highest BCUT2D eigenvalue weighted by Gasteiger charge is 2.24. The summed E-state index contributed by atoms with van der Waals surface area (Å²) in [5.74, 6) is 0.779. The van der Waals surface area contributed by atoms with Gasteiger partial charge in [0.25, 0.3) is 0 Å². The minimum absolute atomic E-state index is 0.112. The molecule has 2 N–H and O–H groups in total. The lowest BCUT2D eigenvalue weighted by Gasteiger charge is -2.01. The van der Waals surface area contributed by atoms with Crippen molar-refractivity contribution < 1.29 is 4.79 Å². The van der Waals surface area contributed by atoms with Crippen LogP contribution in [0.3, 0.4) is 0 Å². The third-order valence-corrected chi connectivity index (χ3v) is 2.10. The van der Waals surface area contributed by atoms with E-state index in [9.17, 15) is 4.79 Å². The summed E-state index contributed by atoms with van der Waals surface area (Å²) in [6, 6.07) is 0. The highest BCUT2D eigenvalue weighted by atomic mass is 16.1. The molecule has 0 radical (unpaired) electrons. The smallest absolute Gasteiger partial charge is 0.220 e. The van der Waals surface area contributed by atoms with Crippen molar-refractivity contribution in [3.05, 3.63) is 0 Å². The topological polar surface area (TPSA) is 43.1 Å². The zero-order chi connectivity index (χ0) is 8.85. The van der Waals surface area contributed by atoms with Gasteiger partial charge in [-0.2, -0.15) is 0 Å². The molecule has 11 heavy (non-hydrogen) atoms. The third kappa shape index (κ3) is 3.40. The Morgan fingerprint density at radius 2 is 1.91 bits per heavy atom. The van der Waals surface area contributed by atoms with Gasteiger partial charge in [-0.1, -0.05) is 20.8 Å². The molecule has 0 saturated heterocycles. The molecule has 0 aromatic heterocycles. The third-order valence-electron chi connectivity index (χ3n) is 2.10. The number of carbonyl (C=O) groups excluding carboxylic acids is 1. The van der Waals surface area contributed by atoms with E-state index in [0.29, 0.717) is 5.92 Å². The minimum atomic E-state index is -0.112. The first-order chi connectivity index (χ1) is 5.20. The van der Waals surface area contributed by atoms with Gasteiger partial charge in [0.2, 0.25) is 5.91 Å². The van der Waals surface area contributed by atoms with Gasteiger partial charge in [0.1, 0.15) is 0 Å².